The van der Waals surface area contributed by atoms with E-state index >= 15 is 0 Å². The Kier molecular flexibility index (Phi) is 11.0. The quantitative estimate of drug-likeness (QED) is 0.0599. The van der Waals surface area contributed by atoms with Gasteiger partial charge in [0.25, 0.3) is 11.7 Å². The van der Waals surface area contributed by atoms with E-state index in [0.29, 0.717) is 28.2 Å². The Bertz CT molecular complexity index is 2170. The van der Waals surface area contributed by atoms with Crippen LogP contribution in [0.4, 0.5) is 4.39 Å². The molecule has 1 aliphatic rings. The van der Waals surface area contributed by atoms with Gasteiger partial charge in [0.05, 0.1) is 24.4 Å². The van der Waals surface area contributed by atoms with E-state index in [1.54, 1.807) is 18.2 Å². The van der Waals surface area contributed by atoms with Crippen molar-refractivity contribution in [1.82, 2.24) is 20.7 Å². The first-order chi connectivity index (χ1) is 24.2. The van der Waals surface area contributed by atoms with E-state index in [1.807, 2.05) is 0 Å². The molecular weight excluding hydrogens is 687 g/mol. The minimum atomic E-state index is -4.07. The van der Waals surface area contributed by atoms with Crippen molar-refractivity contribution in [2.45, 2.75) is 31.1 Å². The molecule has 0 aliphatic heterocycles. The van der Waals surface area contributed by atoms with Gasteiger partial charge in [0, 0.05) is 36.2 Å². The Morgan fingerprint density at radius 3 is 2.31 bits per heavy atom. The van der Waals surface area contributed by atoms with Crippen LogP contribution in [0, 0.1) is 5.82 Å². The van der Waals surface area contributed by atoms with E-state index in [9.17, 15) is 41.9 Å². The molecule has 0 bridgehead atoms. The number of aliphatic hydroxyl groups excluding tert-OH is 1. The van der Waals surface area contributed by atoms with Crippen LogP contribution in [0.15, 0.2) is 71.2 Å². The molecule has 0 spiro atoms. The Morgan fingerprint density at radius 2 is 1.65 bits per heavy atom. The average molecular weight is 721 g/mol. The Hall–Kier alpha value is -5.87. The van der Waals surface area contributed by atoms with Crippen LogP contribution < -0.4 is 20.7 Å². The minimum Gasteiger partial charge on any atom is -0.507 e. The van der Waals surface area contributed by atoms with Crippen LogP contribution in [-0.2, 0) is 41.5 Å². The molecule has 5 rings (SSSR count). The van der Waals surface area contributed by atoms with Gasteiger partial charge in [0.2, 0.25) is 21.8 Å². The molecule has 0 atom stereocenters. The van der Waals surface area contributed by atoms with Gasteiger partial charge in [0.1, 0.15) is 22.9 Å². The maximum atomic E-state index is 13.6. The van der Waals surface area contributed by atoms with Crippen LogP contribution in [0.1, 0.15) is 51.4 Å². The summed E-state index contributed by atoms with van der Waals surface area (Å²) in [5, 5.41) is 26.7. The molecule has 0 saturated heterocycles. The molecule has 0 unspecified atom stereocenters. The normalized spacial score (nSPS) is 13.1. The zero-order valence-electron chi connectivity index (χ0n) is 27.1. The third kappa shape index (κ3) is 9.23. The third-order valence-electron chi connectivity index (χ3n) is 7.96. The van der Waals surface area contributed by atoms with Gasteiger partial charge < -0.3 is 30.6 Å². The summed E-state index contributed by atoms with van der Waals surface area (Å²) < 4.78 is 48.1. The van der Waals surface area contributed by atoms with Crippen LogP contribution in [0.5, 0.6) is 0 Å². The second-order valence-electron chi connectivity index (χ2n) is 11.7. The Morgan fingerprint density at radius 1 is 0.941 bits per heavy atom. The van der Waals surface area contributed by atoms with Gasteiger partial charge in [-0.1, -0.05) is 18.2 Å². The van der Waals surface area contributed by atoms with Gasteiger partial charge in [-0.05, 0) is 77.9 Å². The molecule has 51 heavy (non-hydrogen) atoms. The number of rotatable bonds is 15. The fourth-order valence-electron chi connectivity index (χ4n) is 5.30. The van der Waals surface area contributed by atoms with Crippen LogP contribution in [-0.4, -0.2) is 68.2 Å². The van der Waals surface area contributed by atoms with E-state index in [2.05, 4.69) is 20.7 Å². The zero-order valence-corrected chi connectivity index (χ0v) is 27.9. The molecule has 3 amide bonds. The molecule has 266 valence electrons. The highest BCUT2D eigenvalue weighted by Crippen LogP contribution is 2.45. The van der Waals surface area contributed by atoms with Gasteiger partial charge in [0.15, 0.2) is 0 Å². The summed E-state index contributed by atoms with van der Waals surface area (Å²) in [6.45, 7) is -1.14. The standard InChI is InChI=1S/C35H33FN4O10S/c1-37-34(45)32-26-13-25(20-5-6-20)23(12-29(26)50-33(32)21-7-9-24(36)10-8-21)18-51(48,49)40-17-31(44)39-16-30(43)38-15-19-3-2-4-22(11-19)27(41)14-28(42)35(46)47/h2-4,7-14,20,40-41H,5-6,15-18H2,1H3,(H,37,45)(H,38,43)(H,39,44)(H,46,47)/b27-14-. The number of furan rings is 1. The average Bonchev–Trinajstić information content (AvgIpc) is 3.88. The zero-order chi connectivity index (χ0) is 36.9. The predicted octanol–water partition coefficient (Wildman–Crippen LogP) is 2.88. The predicted molar refractivity (Wildman–Crippen MR) is 182 cm³/mol. The summed E-state index contributed by atoms with van der Waals surface area (Å²) in [4.78, 5) is 59.7. The smallest absolute Gasteiger partial charge is 0.376 e. The number of aliphatic carboxylic acids is 1. The number of halogens is 1. The topological polar surface area (TPSA) is 221 Å². The molecule has 1 aromatic heterocycles. The van der Waals surface area contributed by atoms with Crippen LogP contribution in [0.3, 0.4) is 0 Å². The molecule has 1 heterocycles. The second-order valence-corrected chi connectivity index (χ2v) is 13.6. The highest BCUT2D eigenvalue weighted by molar-refractivity contribution is 7.88. The lowest BCUT2D eigenvalue weighted by Gasteiger charge is -2.12. The number of fused-ring (bicyclic) bond motifs is 1. The van der Waals surface area contributed by atoms with Gasteiger partial charge in [-0.25, -0.2) is 22.3 Å². The number of carboxylic acid groups (broad SMARTS) is 1. The molecule has 1 aliphatic carbocycles. The first-order valence-electron chi connectivity index (χ1n) is 15.6. The van der Waals surface area contributed by atoms with E-state index in [-0.39, 0.29) is 34.9 Å². The monoisotopic (exact) mass is 720 g/mol. The lowest BCUT2D eigenvalue weighted by Crippen LogP contribution is -2.42. The summed E-state index contributed by atoms with van der Waals surface area (Å²) >= 11 is 0. The minimum absolute atomic E-state index is 0.0331. The van der Waals surface area contributed by atoms with Gasteiger partial charge >= 0.3 is 5.97 Å². The molecule has 4 aromatic rings. The van der Waals surface area contributed by atoms with Gasteiger partial charge in [-0.2, -0.15) is 0 Å². The van der Waals surface area contributed by atoms with E-state index < -0.39 is 69.9 Å². The highest BCUT2D eigenvalue weighted by atomic mass is 32.2. The Balaban J connectivity index is 1.19. The molecule has 16 heteroatoms. The lowest BCUT2D eigenvalue weighted by molar-refractivity contribution is -0.146. The fourth-order valence-corrected chi connectivity index (χ4v) is 6.41. The summed E-state index contributed by atoms with van der Waals surface area (Å²) in [6.07, 6.45) is 2.21. The first-order valence-corrected chi connectivity index (χ1v) is 17.2. The molecule has 6 N–H and O–H groups in total. The number of carbonyl (C=O) groups excluding carboxylic acids is 4. The third-order valence-corrected chi connectivity index (χ3v) is 9.24. The van der Waals surface area contributed by atoms with E-state index in [0.717, 1.165) is 18.4 Å². The molecule has 1 saturated carbocycles. The van der Waals surface area contributed by atoms with Crippen molar-refractivity contribution in [3.8, 4) is 11.3 Å². The fraction of sp³-hybridized carbons (Fsp3) is 0.229. The molecular formula is C35H33FN4O10S. The van der Waals surface area contributed by atoms with Crippen molar-refractivity contribution in [2.24, 2.45) is 0 Å². The largest absolute Gasteiger partial charge is 0.507 e. The number of nitrogens with one attached hydrogen (secondary N) is 4. The van der Waals surface area contributed by atoms with Gasteiger partial charge in [-0.3, -0.25) is 19.2 Å². The lowest BCUT2D eigenvalue weighted by atomic mass is 9.98. The van der Waals surface area contributed by atoms with Crippen molar-refractivity contribution in [3.05, 3.63) is 100 Å². The van der Waals surface area contributed by atoms with E-state index in [4.69, 9.17) is 9.52 Å². The maximum absolute atomic E-state index is 13.6. The van der Waals surface area contributed by atoms with Crippen LogP contribution >= 0.6 is 0 Å². The number of aliphatic hydroxyl groups is 1. The summed E-state index contributed by atoms with van der Waals surface area (Å²) in [6, 6.07) is 14.7. The van der Waals surface area contributed by atoms with Crippen molar-refractivity contribution in [3.63, 3.8) is 0 Å². The first kappa shape index (κ1) is 36.4. The van der Waals surface area contributed by atoms with Crippen molar-refractivity contribution >= 4 is 56.2 Å². The molecule has 14 nitrogen and oxygen atoms in total. The van der Waals surface area contributed by atoms with Crippen molar-refractivity contribution in [2.75, 3.05) is 20.1 Å². The number of hydrogen-bond donors (Lipinski definition) is 6. The number of ketones is 1. The number of sulfonamides is 1. The number of amides is 3. The summed E-state index contributed by atoms with van der Waals surface area (Å²) in [7, 11) is -2.60. The second kappa shape index (κ2) is 15.3. The van der Waals surface area contributed by atoms with Crippen molar-refractivity contribution < 1.29 is 51.4 Å². The van der Waals surface area contributed by atoms with Crippen LogP contribution in [0.2, 0.25) is 0 Å². The molecule has 3 aromatic carbocycles. The SMILES string of the molecule is CNC(=O)c1c(-c2ccc(F)cc2)oc2cc(CS(=O)(=O)NCC(=O)NCC(=O)NCc3cccc(/C(O)=C/C(=O)C(=O)O)c3)c(C3CC3)cc12. The number of benzene rings is 3. The van der Waals surface area contributed by atoms with Gasteiger partial charge in [-0.15, -0.1) is 0 Å². The van der Waals surface area contributed by atoms with Crippen LogP contribution in [0.25, 0.3) is 28.1 Å². The summed E-state index contributed by atoms with van der Waals surface area (Å²) in [5.74, 6) is -6.06. The maximum Gasteiger partial charge on any atom is 0.376 e. The summed E-state index contributed by atoms with van der Waals surface area (Å²) in [5.41, 5.74) is 2.78. The molecule has 0 radical (unpaired) electrons. The molecule has 1 fully saturated rings. The Labute approximate surface area is 290 Å². The number of hydrogen-bond acceptors (Lipinski definition) is 9. The van der Waals surface area contributed by atoms with Crippen molar-refractivity contribution in [1.29, 1.82) is 0 Å². The van der Waals surface area contributed by atoms with E-state index in [1.165, 1.54) is 49.5 Å². The number of carboxylic acids is 1. The highest BCUT2D eigenvalue weighted by Gasteiger charge is 2.31. The number of carbonyl (C=O) groups is 5.